The molecule has 1 aliphatic carbocycles. The predicted octanol–water partition coefficient (Wildman–Crippen LogP) is 2.65. The van der Waals surface area contributed by atoms with Gasteiger partial charge in [-0.15, -0.1) is 10.2 Å². The number of nitrogens with zero attached hydrogens (tertiary/aromatic N) is 5. The maximum Gasteiger partial charge on any atom is 0.258 e. The number of hydrogen-bond acceptors (Lipinski definition) is 6. The molecule has 5 rings (SSSR count). The van der Waals surface area contributed by atoms with Crippen LogP contribution in [0.2, 0.25) is 0 Å². The van der Waals surface area contributed by atoms with Crippen molar-refractivity contribution in [2.45, 2.75) is 31.7 Å². The van der Waals surface area contributed by atoms with Gasteiger partial charge >= 0.3 is 0 Å². The second-order valence-corrected chi connectivity index (χ2v) is 7.04. The van der Waals surface area contributed by atoms with Crippen LogP contribution in [0.15, 0.2) is 47.1 Å². The standard InChI is InChI=1S/C20H17FN6O2/c21-15-4-2-1-3-14(15)11-22-18(28)10-17-25-24-16-9-13(7-8-27(16)17)20-23-19(26-29-20)12-5-6-12/h1-4,7-9,12H,5-6,10-11H2,(H,22,28). The average molecular weight is 392 g/mol. The number of aromatic nitrogens is 5. The van der Waals surface area contributed by atoms with Crippen LogP contribution < -0.4 is 5.32 Å². The smallest absolute Gasteiger partial charge is 0.258 e. The van der Waals surface area contributed by atoms with Crippen LogP contribution in [-0.2, 0) is 17.8 Å². The van der Waals surface area contributed by atoms with E-state index in [1.165, 1.54) is 6.07 Å². The zero-order valence-corrected chi connectivity index (χ0v) is 15.4. The lowest BCUT2D eigenvalue weighted by Gasteiger charge is -2.06. The molecule has 1 aromatic carbocycles. The first-order valence-electron chi connectivity index (χ1n) is 9.35. The van der Waals surface area contributed by atoms with Gasteiger partial charge in [-0.05, 0) is 31.0 Å². The molecule has 1 fully saturated rings. The van der Waals surface area contributed by atoms with Crippen LogP contribution in [0, 0.1) is 5.82 Å². The summed E-state index contributed by atoms with van der Waals surface area (Å²) >= 11 is 0. The lowest BCUT2D eigenvalue weighted by molar-refractivity contribution is -0.120. The lowest BCUT2D eigenvalue weighted by atomic mass is 10.2. The van der Waals surface area contributed by atoms with Crippen molar-refractivity contribution in [1.29, 1.82) is 0 Å². The van der Waals surface area contributed by atoms with Crippen molar-refractivity contribution in [2.24, 2.45) is 0 Å². The number of fused-ring (bicyclic) bond motifs is 1. The van der Waals surface area contributed by atoms with E-state index in [-0.39, 0.29) is 24.7 Å². The third-order valence-corrected chi connectivity index (χ3v) is 4.86. The molecule has 0 saturated heterocycles. The predicted molar refractivity (Wildman–Crippen MR) is 100 cm³/mol. The molecule has 146 valence electrons. The highest BCUT2D eigenvalue weighted by Crippen LogP contribution is 2.38. The number of nitrogens with one attached hydrogen (secondary N) is 1. The molecule has 0 aliphatic heterocycles. The van der Waals surface area contributed by atoms with Crippen molar-refractivity contribution in [3.05, 3.63) is 65.6 Å². The van der Waals surface area contributed by atoms with Gasteiger partial charge < -0.3 is 9.84 Å². The van der Waals surface area contributed by atoms with E-state index in [4.69, 9.17) is 4.52 Å². The van der Waals surface area contributed by atoms with Crippen LogP contribution in [0.4, 0.5) is 4.39 Å². The van der Waals surface area contributed by atoms with Gasteiger partial charge in [0.25, 0.3) is 5.89 Å². The van der Waals surface area contributed by atoms with Crippen molar-refractivity contribution >= 4 is 11.6 Å². The molecular formula is C20H17FN6O2. The molecule has 0 radical (unpaired) electrons. The Bertz CT molecular complexity index is 1200. The van der Waals surface area contributed by atoms with Crippen LogP contribution in [-0.4, -0.2) is 30.6 Å². The summed E-state index contributed by atoms with van der Waals surface area (Å²) in [5, 5.41) is 15.0. The minimum absolute atomic E-state index is 0.0291. The van der Waals surface area contributed by atoms with Crippen LogP contribution >= 0.6 is 0 Å². The molecule has 1 aliphatic rings. The Kier molecular flexibility index (Phi) is 4.27. The van der Waals surface area contributed by atoms with E-state index in [0.717, 1.165) is 24.2 Å². The molecule has 1 N–H and O–H groups in total. The monoisotopic (exact) mass is 392 g/mol. The topological polar surface area (TPSA) is 98.2 Å². The van der Waals surface area contributed by atoms with Gasteiger partial charge in [-0.2, -0.15) is 4.98 Å². The van der Waals surface area contributed by atoms with Crippen LogP contribution in [0.5, 0.6) is 0 Å². The normalized spacial score (nSPS) is 13.7. The van der Waals surface area contributed by atoms with Crippen molar-refractivity contribution in [2.75, 3.05) is 0 Å². The van der Waals surface area contributed by atoms with E-state index in [0.29, 0.717) is 28.8 Å². The van der Waals surface area contributed by atoms with Crippen molar-refractivity contribution < 1.29 is 13.7 Å². The molecule has 29 heavy (non-hydrogen) atoms. The lowest BCUT2D eigenvalue weighted by Crippen LogP contribution is -2.25. The Hall–Kier alpha value is -3.62. The van der Waals surface area contributed by atoms with Gasteiger partial charge in [0.05, 0.1) is 6.42 Å². The number of halogens is 1. The largest absolute Gasteiger partial charge is 0.352 e. The Labute approximate surface area is 164 Å². The Morgan fingerprint density at radius 3 is 2.93 bits per heavy atom. The molecule has 4 aromatic rings. The van der Waals surface area contributed by atoms with Crippen LogP contribution in [0.25, 0.3) is 17.1 Å². The summed E-state index contributed by atoms with van der Waals surface area (Å²) < 4.78 is 20.7. The minimum Gasteiger partial charge on any atom is -0.352 e. The Balaban J connectivity index is 1.29. The molecule has 1 saturated carbocycles. The van der Waals surface area contributed by atoms with E-state index in [1.54, 1.807) is 34.9 Å². The average Bonchev–Trinajstić information content (AvgIpc) is 3.33. The second-order valence-electron chi connectivity index (χ2n) is 7.04. The Morgan fingerprint density at radius 2 is 2.10 bits per heavy atom. The molecule has 0 bridgehead atoms. The first kappa shape index (κ1) is 17.5. The first-order chi connectivity index (χ1) is 14.2. The third kappa shape index (κ3) is 3.58. The number of hydrogen-bond donors (Lipinski definition) is 1. The summed E-state index contributed by atoms with van der Waals surface area (Å²) in [6, 6.07) is 9.95. The number of benzene rings is 1. The van der Waals surface area contributed by atoms with E-state index >= 15 is 0 Å². The molecule has 1 amide bonds. The summed E-state index contributed by atoms with van der Waals surface area (Å²) in [6.45, 7) is 0.118. The van der Waals surface area contributed by atoms with Crippen molar-refractivity contribution in [3.63, 3.8) is 0 Å². The number of rotatable bonds is 6. The number of pyridine rings is 1. The van der Waals surface area contributed by atoms with Gasteiger partial charge in [0, 0.05) is 29.8 Å². The van der Waals surface area contributed by atoms with Crippen LogP contribution in [0.3, 0.4) is 0 Å². The van der Waals surface area contributed by atoms with Crippen molar-refractivity contribution in [3.8, 4) is 11.5 Å². The summed E-state index contributed by atoms with van der Waals surface area (Å²) in [5.41, 5.74) is 1.76. The fraction of sp³-hybridized carbons (Fsp3) is 0.250. The fourth-order valence-electron chi connectivity index (χ4n) is 3.10. The van der Waals surface area contributed by atoms with Crippen LogP contribution in [0.1, 0.15) is 36.0 Å². The van der Waals surface area contributed by atoms with Gasteiger partial charge in [-0.3, -0.25) is 9.20 Å². The van der Waals surface area contributed by atoms with E-state index in [9.17, 15) is 9.18 Å². The minimum atomic E-state index is -0.348. The molecule has 0 atom stereocenters. The second kappa shape index (κ2) is 7.08. The summed E-state index contributed by atoms with van der Waals surface area (Å²) in [5.74, 6) is 1.48. The van der Waals surface area contributed by atoms with Gasteiger partial charge in [0.1, 0.15) is 11.6 Å². The number of carbonyl (C=O) groups excluding carboxylic acids is 1. The summed E-state index contributed by atoms with van der Waals surface area (Å²) in [7, 11) is 0. The highest BCUT2D eigenvalue weighted by molar-refractivity contribution is 5.78. The maximum atomic E-state index is 13.7. The van der Waals surface area contributed by atoms with Crippen molar-refractivity contribution in [1.82, 2.24) is 30.1 Å². The molecule has 3 heterocycles. The fourth-order valence-corrected chi connectivity index (χ4v) is 3.10. The zero-order chi connectivity index (χ0) is 19.8. The highest BCUT2D eigenvalue weighted by Gasteiger charge is 2.29. The van der Waals surface area contributed by atoms with E-state index < -0.39 is 0 Å². The number of amides is 1. The molecule has 0 unspecified atom stereocenters. The van der Waals surface area contributed by atoms with Gasteiger partial charge in [0.15, 0.2) is 11.5 Å². The highest BCUT2D eigenvalue weighted by atomic mass is 19.1. The SMILES string of the molecule is O=C(Cc1nnc2cc(-c3nc(C4CC4)no3)ccn12)NCc1ccccc1F. The van der Waals surface area contributed by atoms with E-state index in [1.807, 2.05) is 6.07 Å². The summed E-state index contributed by atoms with van der Waals surface area (Å²) in [4.78, 5) is 16.7. The van der Waals surface area contributed by atoms with E-state index in [2.05, 4.69) is 25.7 Å². The molecular weight excluding hydrogens is 375 g/mol. The summed E-state index contributed by atoms with van der Waals surface area (Å²) in [6.07, 6.45) is 4.00. The number of carbonyl (C=O) groups is 1. The van der Waals surface area contributed by atoms with Gasteiger partial charge in [-0.25, -0.2) is 4.39 Å². The van der Waals surface area contributed by atoms with Gasteiger partial charge in [0.2, 0.25) is 5.91 Å². The van der Waals surface area contributed by atoms with Gasteiger partial charge in [-0.1, -0.05) is 23.4 Å². The quantitative estimate of drug-likeness (QED) is 0.542. The Morgan fingerprint density at radius 1 is 1.24 bits per heavy atom. The third-order valence-electron chi connectivity index (χ3n) is 4.86. The molecule has 8 nitrogen and oxygen atoms in total. The molecule has 9 heteroatoms. The maximum absolute atomic E-state index is 13.7. The zero-order valence-electron chi connectivity index (χ0n) is 15.4. The molecule has 0 spiro atoms. The first-order valence-corrected chi connectivity index (χ1v) is 9.35. The molecule has 3 aromatic heterocycles.